The van der Waals surface area contributed by atoms with E-state index in [9.17, 15) is 0 Å². The number of aryl methyl sites for hydroxylation is 1. The largest absolute Gasteiger partial charge is 0.362 e. The van der Waals surface area contributed by atoms with Crippen LogP contribution >= 0.6 is 7.55 Å². The molecule has 2 heteroatoms. The molecule has 1 nitrogen and oxygen atoms in total. The molecule has 1 aliphatic heterocycles. The summed E-state index contributed by atoms with van der Waals surface area (Å²) in [6, 6.07) is 4.74. The number of hydrogen-bond acceptors (Lipinski definition) is 1. The highest BCUT2D eigenvalue weighted by Gasteiger charge is 2.32. The number of anilines is 1. The topological polar surface area (TPSA) is 3.24 Å². The minimum Gasteiger partial charge on any atom is -0.362 e. The first-order valence-corrected chi connectivity index (χ1v) is 8.71. The van der Waals surface area contributed by atoms with E-state index >= 15 is 0 Å². The van der Waals surface area contributed by atoms with E-state index in [1.54, 1.807) is 10.6 Å². The maximum Gasteiger partial charge on any atom is 0.137 e. The maximum atomic E-state index is 2.48. The summed E-state index contributed by atoms with van der Waals surface area (Å²) in [4.78, 5) is 2.42. The Bertz CT molecular complexity index is 547. The molecule has 2 atom stereocenters. The molecule has 0 amide bonds. The van der Waals surface area contributed by atoms with Gasteiger partial charge in [-0.3, -0.25) is 0 Å². The van der Waals surface area contributed by atoms with Crippen LogP contribution in [0.25, 0.3) is 0 Å². The van der Waals surface area contributed by atoms with Gasteiger partial charge < -0.3 is 4.90 Å². The molecule has 0 N–H and O–H groups in total. The standard InChI is InChI=1S/C16H22NP/c1-5-12-6-7-13-16(10-12)18(4)15-9-11(2)8-14(15)17(13)3/h7-9,12H,5-6,10H2,1-4H3. The van der Waals surface area contributed by atoms with Crippen LogP contribution in [0.15, 0.2) is 23.9 Å². The highest BCUT2D eigenvalue weighted by molar-refractivity contribution is 7.66. The summed E-state index contributed by atoms with van der Waals surface area (Å²) in [7, 11) is 2.14. The van der Waals surface area contributed by atoms with Crippen LogP contribution in [-0.4, -0.2) is 19.0 Å². The normalized spacial score (nSPS) is 24.8. The second kappa shape index (κ2) is 4.31. The quantitative estimate of drug-likeness (QED) is 0.548. The molecule has 0 aromatic heterocycles. The highest BCUT2D eigenvalue weighted by atomic mass is 31.1. The molecule has 2 unspecified atom stereocenters. The molecule has 0 bridgehead atoms. The van der Waals surface area contributed by atoms with Crippen LogP contribution in [0.3, 0.4) is 0 Å². The summed E-state index contributed by atoms with van der Waals surface area (Å²) >= 11 is 0. The number of allylic oxidation sites excluding steroid dienone is 2. The van der Waals surface area contributed by atoms with Crippen molar-refractivity contribution in [1.82, 2.24) is 0 Å². The van der Waals surface area contributed by atoms with Crippen LogP contribution in [0.5, 0.6) is 0 Å². The van der Waals surface area contributed by atoms with E-state index in [1.807, 2.05) is 0 Å². The summed E-state index contributed by atoms with van der Waals surface area (Å²) in [6.07, 6.45) is 6.38. The smallest absolute Gasteiger partial charge is 0.137 e. The molecule has 0 radical (unpaired) electrons. The SMILES string of the molecule is CCC1CC=C2C(=[P+](C)[c-]3cc(C)cc3N2C)C1. The first-order chi connectivity index (χ1) is 8.61. The Kier molecular flexibility index (Phi) is 2.90. The Labute approximate surface area is 111 Å². The molecule has 0 fully saturated rings. The molecule has 18 heavy (non-hydrogen) atoms. The highest BCUT2D eigenvalue weighted by Crippen LogP contribution is 2.42. The first-order valence-electron chi connectivity index (χ1n) is 6.93. The third-order valence-electron chi connectivity index (χ3n) is 4.48. The lowest BCUT2D eigenvalue weighted by molar-refractivity contribution is 0.530. The Balaban J connectivity index is 2.15. The fourth-order valence-electron chi connectivity index (χ4n) is 3.24. The molecule has 1 aromatic carbocycles. The van der Waals surface area contributed by atoms with Crippen molar-refractivity contribution >= 4 is 23.8 Å². The number of rotatable bonds is 1. The summed E-state index contributed by atoms with van der Waals surface area (Å²) in [5.74, 6) is 0.875. The molecule has 2 aliphatic rings. The average Bonchev–Trinajstić information content (AvgIpc) is 2.77. The van der Waals surface area contributed by atoms with Crippen LogP contribution in [-0.2, 0) is 0 Å². The second-order valence-electron chi connectivity index (χ2n) is 5.67. The van der Waals surface area contributed by atoms with Gasteiger partial charge in [-0.25, -0.2) is 0 Å². The number of hydrogen-bond donors (Lipinski definition) is 0. The van der Waals surface area contributed by atoms with Gasteiger partial charge in [0.05, 0.1) is 25.2 Å². The van der Waals surface area contributed by atoms with Gasteiger partial charge in [0.1, 0.15) is 5.29 Å². The first kappa shape index (κ1) is 12.1. The molecule has 0 spiro atoms. The third kappa shape index (κ3) is 1.68. The van der Waals surface area contributed by atoms with Crippen molar-refractivity contribution in [2.75, 3.05) is 18.6 Å². The fraction of sp³-hybridized carbons (Fsp3) is 0.500. The van der Waals surface area contributed by atoms with Gasteiger partial charge in [0.25, 0.3) is 0 Å². The van der Waals surface area contributed by atoms with E-state index in [4.69, 9.17) is 0 Å². The van der Waals surface area contributed by atoms with Gasteiger partial charge >= 0.3 is 0 Å². The van der Waals surface area contributed by atoms with E-state index in [0.29, 0.717) is 0 Å². The molecule has 1 heterocycles. The van der Waals surface area contributed by atoms with Crippen LogP contribution in [0.2, 0.25) is 0 Å². The summed E-state index contributed by atoms with van der Waals surface area (Å²) in [6.45, 7) is 6.99. The predicted molar refractivity (Wildman–Crippen MR) is 83.8 cm³/mol. The van der Waals surface area contributed by atoms with Crippen molar-refractivity contribution in [2.24, 2.45) is 5.92 Å². The zero-order valence-corrected chi connectivity index (χ0v) is 12.7. The minimum atomic E-state index is -0.0963. The van der Waals surface area contributed by atoms with Crippen molar-refractivity contribution in [3.8, 4) is 0 Å². The van der Waals surface area contributed by atoms with Gasteiger partial charge in [0, 0.05) is 13.5 Å². The minimum absolute atomic E-state index is 0.0963. The monoisotopic (exact) mass is 259 g/mol. The van der Waals surface area contributed by atoms with Crippen molar-refractivity contribution in [3.63, 3.8) is 0 Å². The van der Waals surface area contributed by atoms with Crippen molar-refractivity contribution in [1.29, 1.82) is 0 Å². The van der Waals surface area contributed by atoms with Gasteiger partial charge in [-0.15, -0.1) is 6.07 Å². The Morgan fingerprint density at radius 2 is 2.28 bits per heavy atom. The van der Waals surface area contributed by atoms with E-state index in [-0.39, 0.29) is 7.55 Å². The van der Waals surface area contributed by atoms with Gasteiger partial charge in [-0.05, 0) is 18.0 Å². The van der Waals surface area contributed by atoms with Gasteiger partial charge in [-0.2, -0.15) is 11.6 Å². The van der Waals surface area contributed by atoms with E-state index in [1.165, 1.54) is 36.2 Å². The lowest BCUT2D eigenvalue weighted by atomic mass is 9.90. The van der Waals surface area contributed by atoms with E-state index < -0.39 is 0 Å². The van der Waals surface area contributed by atoms with Gasteiger partial charge in [0.15, 0.2) is 0 Å². The predicted octanol–water partition coefficient (Wildman–Crippen LogP) is 3.78. The zero-order chi connectivity index (χ0) is 12.9. The summed E-state index contributed by atoms with van der Waals surface area (Å²) in [5.41, 5.74) is 4.38. The molecule has 1 aliphatic carbocycles. The molecule has 96 valence electrons. The Morgan fingerprint density at radius 1 is 1.50 bits per heavy atom. The molecular weight excluding hydrogens is 237 g/mol. The van der Waals surface area contributed by atoms with Crippen molar-refractivity contribution in [3.05, 3.63) is 29.5 Å². The molecular formula is C16H22NP. The summed E-state index contributed by atoms with van der Waals surface area (Å²) < 4.78 is 0. The Hall–Kier alpha value is -0.940. The zero-order valence-electron chi connectivity index (χ0n) is 11.8. The van der Waals surface area contributed by atoms with Crippen molar-refractivity contribution < 1.29 is 0 Å². The number of nitrogens with zero attached hydrogens (tertiary/aromatic N) is 1. The molecule has 0 saturated heterocycles. The summed E-state index contributed by atoms with van der Waals surface area (Å²) in [5, 5.41) is 3.32. The molecule has 3 rings (SSSR count). The third-order valence-corrected chi connectivity index (χ3v) is 6.78. The second-order valence-corrected chi connectivity index (χ2v) is 7.81. The van der Waals surface area contributed by atoms with E-state index in [2.05, 4.69) is 50.7 Å². The maximum absolute atomic E-state index is 2.48. The van der Waals surface area contributed by atoms with Gasteiger partial charge in [-0.1, -0.05) is 26.3 Å². The van der Waals surface area contributed by atoms with Crippen molar-refractivity contribution in [2.45, 2.75) is 33.1 Å². The lowest BCUT2D eigenvalue weighted by Gasteiger charge is -2.33. The van der Waals surface area contributed by atoms with Crippen LogP contribution in [0.4, 0.5) is 5.69 Å². The van der Waals surface area contributed by atoms with E-state index in [0.717, 1.165) is 5.92 Å². The molecule has 0 saturated carbocycles. The molecule has 1 aromatic rings. The van der Waals surface area contributed by atoms with Gasteiger partial charge in [0.2, 0.25) is 0 Å². The fourth-order valence-corrected chi connectivity index (χ4v) is 5.60. The lowest BCUT2D eigenvalue weighted by Crippen LogP contribution is -2.33. The Morgan fingerprint density at radius 3 is 3.00 bits per heavy atom. The van der Waals surface area contributed by atoms with Crippen LogP contribution < -0.4 is 10.2 Å². The van der Waals surface area contributed by atoms with Crippen LogP contribution in [0, 0.1) is 12.8 Å². The number of fused-ring (bicyclic) bond motifs is 2. The average molecular weight is 259 g/mol. The van der Waals surface area contributed by atoms with Crippen LogP contribution in [0.1, 0.15) is 31.7 Å².